The molecule has 0 bridgehead atoms. The number of carbonyl (C=O) groups is 1. The number of benzene rings is 2. The Kier molecular flexibility index (Phi) is 3.46. The molecule has 2 aromatic carbocycles. The van der Waals surface area contributed by atoms with Crippen molar-refractivity contribution >= 4 is 22.8 Å². The van der Waals surface area contributed by atoms with Crippen LogP contribution in [-0.2, 0) is 0 Å². The number of nitrogens with one attached hydrogen (secondary N) is 1. The summed E-state index contributed by atoms with van der Waals surface area (Å²) in [7, 11) is 0. The van der Waals surface area contributed by atoms with Gasteiger partial charge in [0.2, 0.25) is 0 Å². The van der Waals surface area contributed by atoms with Crippen molar-refractivity contribution in [3.63, 3.8) is 0 Å². The minimum absolute atomic E-state index is 0.000673. The number of Topliss-reactive ketones (excluding diaryl/α,β-unsaturated/α-hetero) is 1. The summed E-state index contributed by atoms with van der Waals surface area (Å²) in [5.41, 5.74) is 6.80. The molecule has 0 spiro atoms. The zero-order valence-electron chi connectivity index (χ0n) is 10.2. The Hall–Kier alpha value is -2.43. The highest BCUT2D eigenvalue weighted by atomic mass is 19.1. The van der Waals surface area contributed by atoms with Gasteiger partial charge in [-0.3, -0.25) is 4.79 Å². The maximum Gasteiger partial charge on any atom is 0.161 e. The first-order chi connectivity index (χ1) is 8.97. The highest BCUT2D eigenvalue weighted by molar-refractivity contribution is 6.00. The van der Waals surface area contributed by atoms with Gasteiger partial charge in [0.25, 0.3) is 0 Å². The molecule has 0 saturated heterocycles. The lowest BCUT2D eigenvalue weighted by Gasteiger charge is -2.10. The van der Waals surface area contributed by atoms with Crippen molar-refractivity contribution in [1.29, 1.82) is 0 Å². The monoisotopic (exact) mass is 262 g/mol. The molecule has 0 aromatic heterocycles. The van der Waals surface area contributed by atoms with Gasteiger partial charge >= 0.3 is 0 Å². The molecule has 0 aliphatic rings. The quantitative estimate of drug-likeness (QED) is 0.657. The summed E-state index contributed by atoms with van der Waals surface area (Å²) in [6.45, 7) is 1.39. The molecule has 98 valence electrons. The van der Waals surface area contributed by atoms with E-state index in [0.29, 0.717) is 16.9 Å². The van der Waals surface area contributed by atoms with E-state index in [0.717, 1.165) is 18.2 Å². The van der Waals surface area contributed by atoms with Crippen molar-refractivity contribution in [2.45, 2.75) is 6.92 Å². The fourth-order valence-corrected chi connectivity index (χ4v) is 1.69. The van der Waals surface area contributed by atoms with Crippen LogP contribution < -0.4 is 11.1 Å². The van der Waals surface area contributed by atoms with Crippen molar-refractivity contribution < 1.29 is 13.6 Å². The van der Waals surface area contributed by atoms with Crippen LogP contribution in [0.4, 0.5) is 25.8 Å². The highest BCUT2D eigenvalue weighted by Gasteiger charge is 2.08. The van der Waals surface area contributed by atoms with Gasteiger partial charge in [0.15, 0.2) is 5.78 Å². The van der Waals surface area contributed by atoms with E-state index in [2.05, 4.69) is 5.32 Å². The van der Waals surface area contributed by atoms with Crippen molar-refractivity contribution in [2.75, 3.05) is 11.1 Å². The molecule has 19 heavy (non-hydrogen) atoms. The van der Waals surface area contributed by atoms with Crippen LogP contribution in [0.5, 0.6) is 0 Å². The summed E-state index contributed by atoms with van der Waals surface area (Å²) in [5.74, 6) is -1.32. The molecule has 0 aliphatic carbocycles. The van der Waals surface area contributed by atoms with E-state index in [1.54, 1.807) is 6.07 Å². The summed E-state index contributed by atoms with van der Waals surface area (Å²) in [6.07, 6.45) is 0. The summed E-state index contributed by atoms with van der Waals surface area (Å²) >= 11 is 0. The van der Waals surface area contributed by atoms with Gasteiger partial charge in [-0.15, -0.1) is 0 Å². The van der Waals surface area contributed by atoms with Crippen LogP contribution >= 0.6 is 0 Å². The Balaban J connectivity index is 2.36. The molecule has 0 fully saturated rings. The van der Waals surface area contributed by atoms with E-state index >= 15 is 0 Å². The first-order valence-electron chi connectivity index (χ1n) is 5.60. The maximum absolute atomic E-state index is 13.5. The first kappa shape index (κ1) is 13.0. The van der Waals surface area contributed by atoms with Crippen molar-refractivity contribution in [2.24, 2.45) is 0 Å². The predicted molar refractivity (Wildman–Crippen MR) is 70.5 cm³/mol. The first-order valence-corrected chi connectivity index (χ1v) is 5.60. The number of nitrogens with two attached hydrogens (primary N) is 1. The third kappa shape index (κ3) is 2.88. The van der Waals surface area contributed by atoms with E-state index in [9.17, 15) is 13.6 Å². The van der Waals surface area contributed by atoms with Gasteiger partial charge in [0.1, 0.15) is 11.6 Å². The molecule has 0 unspecified atom stereocenters. The van der Waals surface area contributed by atoms with E-state index in [4.69, 9.17) is 5.73 Å². The standard InChI is InChI=1S/C14H12F2N2O/c1-8(19)11-7-10(3-5-13(11)17)18-14-6-9(15)2-4-12(14)16/h2-7,18H,17H2,1H3. The molecule has 0 radical (unpaired) electrons. The average Bonchev–Trinajstić information content (AvgIpc) is 2.36. The highest BCUT2D eigenvalue weighted by Crippen LogP contribution is 2.24. The normalized spacial score (nSPS) is 10.3. The number of anilines is 3. The molecule has 0 aliphatic heterocycles. The molecule has 3 nitrogen and oxygen atoms in total. The average molecular weight is 262 g/mol. The Morgan fingerprint density at radius 2 is 1.89 bits per heavy atom. The number of halogens is 2. The van der Waals surface area contributed by atoms with Crippen LogP contribution in [0, 0.1) is 11.6 Å². The second-order valence-corrected chi connectivity index (χ2v) is 4.11. The Labute approximate surface area is 109 Å². The number of carbonyl (C=O) groups excluding carboxylic acids is 1. The van der Waals surface area contributed by atoms with E-state index < -0.39 is 11.6 Å². The molecular formula is C14H12F2N2O. The molecule has 0 atom stereocenters. The smallest absolute Gasteiger partial charge is 0.161 e. The Morgan fingerprint density at radius 1 is 1.16 bits per heavy atom. The van der Waals surface area contributed by atoms with Gasteiger partial charge in [-0.05, 0) is 37.3 Å². The molecule has 0 saturated carbocycles. The van der Waals surface area contributed by atoms with Gasteiger partial charge in [0, 0.05) is 23.0 Å². The van der Waals surface area contributed by atoms with Gasteiger partial charge in [-0.1, -0.05) is 0 Å². The second-order valence-electron chi connectivity index (χ2n) is 4.11. The van der Waals surface area contributed by atoms with Crippen LogP contribution in [-0.4, -0.2) is 5.78 Å². The number of hydrogen-bond acceptors (Lipinski definition) is 3. The van der Waals surface area contributed by atoms with Crippen LogP contribution in [0.2, 0.25) is 0 Å². The lowest BCUT2D eigenvalue weighted by atomic mass is 10.1. The van der Waals surface area contributed by atoms with Gasteiger partial charge < -0.3 is 11.1 Å². The third-order valence-corrected chi connectivity index (χ3v) is 2.64. The lowest BCUT2D eigenvalue weighted by Crippen LogP contribution is -2.02. The van der Waals surface area contributed by atoms with Crippen LogP contribution in [0.25, 0.3) is 0 Å². The summed E-state index contributed by atoms with van der Waals surface area (Å²) in [5, 5.41) is 2.71. The largest absolute Gasteiger partial charge is 0.398 e. The lowest BCUT2D eigenvalue weighted by molar-refractivity contribution is 0.101. The fourth-order valence-electron chi connectivity index (χ4n) is 1.69. The summed E-state index contributed by atoms with van der Waals surface area (Å²) < 4.78 is 26.5. The molecule has 3 N–H and O–H groups in total. The maximum atomic E-state index is 13.5. The van der Waals surface area contributed by atoms with Crippen LogP contribution in [0.1, 0.15) is 17.3 Å². The fraction of sp³-hybridized carbons (Fsp3) is 0.0714. The number of hydrogen-bond donors (Lipinski definition) is 2. The van der Waals surface area contributed by atoms with Crippen molar-refractivity contribution in [3.8, 4) is 0 Å². The van der Waals surface area contributed by atoms with Gasteiger partial charge in [-0.2, -0.15) is 0 Å². The summed E-state index contributed by atoms with van der Waals surface area (Å²) in [6, 6.07) is 7.73. The van der Waals surface area contributed by atoms with Crippen LogP contribution in [0.3, 0.4) is 0 Å². The molecule has 0 heterocycles. The summed E-state index contributed by atoms with van der Waals surface area (Å²) in [4.78, 5) is 11.4. The van der Waals surface area contributed by atoms with Gasteiger partial charge in [0.05, 0.1) is 5.69 Å². The zero-order chi connectivity index (χ0) is 14.0. The minimum atomic E-state index is -0.581. The SMILES string of the molecule is CC(=O)c1cc(Nc2cc(F)ccc2F)ccc1N. The molecule has 5 heteroatoms. The third-order valence-electron chi connectivity index (χ3n) is 2.64. The number of ketones is 1. The minimum Gasteiger partial charge on any atom is -0.398 e. The predicted octanol–water partition coefficient (Wildman–Crippen LogP) is 3.49. The zero-order valence-corrected chi connectivity index (χ0v) is 10.2. The second kappa shape index (κ2) is 5.06. The van der Waals surface area contributed by atoms with E-state index in [1.807, 2.05) is 0 Å². The number of rotatable bonds is 3. The Bertz CT molecular complexity index is 641. The molecule has 0 amide bonds. The molecule has 2 rings (SSSR count). The van der Waals surface area contributed by atoms with Gasteiger partial charge in [-0.25, -0.2) is 8.78 Å². The Morgan fingerprint density at radius 3 is 2.58 bits per heavy atom. The van der Waals surface area contributed by atoms with E-state index in [-0.39, 0.29) is 11.5 Å². The van der Waals surface area contributed by atoms with Crippen molar-refractivity contribution in [1.82, 2.24) is 0 Å². The molecular weight excluding hydrogens is 250 g/mol. The topological polar surface area (TPSA) is 55.1 Å². The number of nitrogen functional groups attached to an aromatic ring is 1. The molecule has 2 aromatic rings. The van der Waals surface area contributed by atoms with E-state index in [1.165, 1.54) is 19.1 Å². The van der Waals surface area contributed by atoms with Crippen molar-refractivity contribution in [3.05, 3.63) is 53.6 Å². The van der Waals surface area contributed by atoms with Crippen LogP contribution in [0.15, 0.2) is 36.4 Å².